The number of amides is 1. The largest absolute Gasteiger partial charge is 0.399 e. The molecule has 1 unspecified atom stereocenters. The molecule has 0 aliphatic heterocycles. The van der Waals surface area contributed by atoms with Gasteiger partial charge in [-0.05, 0) is 42.8 Å². The molecule has 0 fully saturated rings. The summed E-state index contributed by atoms with van der Waals surface area (Å²) >= 11 is 0. The molecule has 110 valence electrons. The highest BCUT2D eigenvalue weighted by Gasteiger charge is 2.16. The van der Waals surface area contributed by atoms with Gasteiger partial charge in [0, 0.05) is 23.3 Å². The van der Waals surface area contributed by atoms with Gasteiger partial charge in [-0.15, -0.1) is 0 Å². The normalized spacial score (nSPS) is 11.9. The second-order valence-corrected chi connectivity index (χ2v) is 6.22. The number of anilines is 2. The summed E-state index contributed by atoms with van der Waals surface area (Å²) in [5, 5.41) is 0. The van der Waals surface area contributed by atoms with Gasteiger partial charge in [0.2, 0.25) is 5.91 Å². The number of hydrogen-bond donors (Lipinski definition) is 1. The molecule has 0 aliphatic rings. The van der Waals surface area contributed by atoms with E-state index >= 15 is 0 Å². The van der Waals surface area contributed by atoms with Crippen molar-refractivity contribution in [1.82, 2.24) is 0 Å². The SMILES string of the molecule is Cc1ccccc1S(=O)CC(=O)N(C)c1ccc(N)cc1. The van der Waals surface area contributed by atoms with Gasteiger partial charge in [0.05, 0.1) is 10.8 Å². The van der Waals surface area contributed by atoms with Crippen LogP contribution in [-0.4, -0.2) is 22.9 Å². The van der Waals surface area contributed by atoms with E-state index in [0.29, 0.717) is 10.6 Å². The summed E-state index contributed by atoms with van der Waals surface area (Å²) in [7, 11) is 0.330. The lowest BCUT2D eigenvalue weighted by atomic mass is 10.2. The molecular weight excluding hydrogens is 284 g/mol. The summed E-state index contributed by atoms with van der Waals surface area (Å²) in [6.45, 7) is 1.89. The van der Waals surface area contributed by atoms with Crippen LogP contribution in [0, 0.1) is 6.92 Å². The Morgan fingerprint density at radius 1 is 1.14 bits per heavy atom. The molecule has 0 saturated carbocycles. The molecule has 2 rings (SSSR count). The summed E-state index contributed by atoms with van der Waals surface area (Å²) in [4.78, 5) is 14.4. The lowest BCUT2D eigenvalue weighted by molar-refractivity contribution is -0.115. The van der Waals surface area contributed by atoms with Gasteiger partial charge in [-0.3, -0.25) is 9.00 Å². The fraction of sp³-hybridized carbons (Fsp3) is 0.188. The van der Waals surface area contributed by atoms with Crippen LogP contribution in [0.4, 0.5) is 11.4 Å². The molecule has 21 heavy (non-hydrogen) atoms. The lowest BCUT2D eigenvalue weighted by Gasteiger charge is -2.17. The van der Waals surface area contributed by atoms with E-state index in [1.165, 1.54) is 4.90 Å². The average Bonchev–Trinajstić information content (AvgIpc) is 2.47. The molecule has 4 nitrogen and oxygen atoms in total. The van der Waals surface area contributed by atoms with Crippen molar-refractivity contribution in [3.8, 4) is 0 Å². The van der Waals surface area contributed by atoms with Crippen molar-refractivity contribution >= 4 is 28.1 Å². The van der Waals surface area contributed by atoms with Gasteiger partial charge in [0.15, 0.2) is 0 Å². The van der Waals surface area contributed by atoms with Crippen LogP contribution in [0.1, 0.15) is 5.56 Å². The van der Waals surface area contributed by atoms with Crippen LogP contribution in [-0.2, 0) is 15.6 Å². The average molecular weight is 302 g/mol. The second-order valence-electron chi connectivity index (χ2n) is 4.80. The minimum Gasteiger partial charge on any atom is -0.399 e. The Morgan fingerprint density at radius 3 is 2.38 bits per heavy atom. The maximum Gasteiger partial charge on any atom is 0.239 e. The highest BCUT2D eigenvalue weighted by Crippen LogP contribution is 2.17. The molecule has 5 heteroatoms. The molecule has 0 heterocycles. The Bertz CT molecular complexity index is 668. The zero-order valence-corrected chi connectivity index (χ0v) is 12.9. The first kappa shape index (κ1) is 15.3. The van der Waals surface area contributed by atoms with Gasteiger partial charge in [-0.25, -0.2) is 0 Å². The Labute approximate surface area is 127 Å². The molecule has 1 amide bonds. The summed E-state index contributed by atoms with van der Waals surface area (Å²) in [5.74, 6) is -0.229. The van der Waals surface area contributed by atoms with Gasteiger partial charge < -0.3 is 10.6 Å². The molecule has 2 aromatic rings. The van der Waals surface area contributed by atoms with Gasteiger partial charge in [0.1, 0.15) is 5.75 Å². The minimum atomic E-state index is -1.34. The zero-order chi connectivity index (χ0) is 15.4. The van der Waals surface area contributed by atoms with Gasteiger partial charge >= 0.3 is 0 Å². The van der Waals surface area contributed by atoms with Crippen molar-refractivity contribution in [2.75, 3.05) is 23.4 Å². The third kappa shape index (κ3) is 3.70. The predicted molar refractivity (Wildman–Crippen MR) is 86.7 cm³/mol. The van der Waals surface area contributed by atoms with Crippen LogP contribution in [0.15, 0.2) is 53.4 Å². The Hall–Kier alpha value is -2.14. The number of rotatable bonds is 4. The number of nitrogens with two attached hydrogens (primary N) is 1. The zero-order valence-electron chi connectivity index (χ0n) is 12.1. The molecule has 0 bridgehead atoms. The second kappa shape index (κ2) is 6.54. The Kier molecular flexibility index (Phi) is 4.75. The lowest BCUT2D eigenvalue weighted by Crippen LogP contribution is -2.30. The number of nitrogen functional groups attached to an aromatic ring is 1. The Morgan fingerprint density at radius 2 is 1.76 bits per heavy atom. The quantitative estimate of drug-likeness (QED) is 0.882. The topological polar surface area (TPSA) is 63.4 Å². The standard InChI is InChI=1S/C16H18N2O2S/c1-12-5-3-4-6-15(12)21(20)11-16(19)18(2)14-9-7-13(17)8-10-14/h3-10H,11,17H2,1-2H3. The highest BCUT2D eigenvalue weighted by molar-refractivity contribution is 7.85. The first-order valence-electron chi connectivity index (χ1n) is 6.55. The van der Waals surface area contributed by atoms with E-state index in [-0.39, 0.29) is 11.7 Å². The monoisotopic (exact) mass is 302 g/mol. The van der Waals surface area contributed by atoms with E-state index in [1.54, 1.807) is 37.4 Å². The highest BCUT2D eigenvalue weighted by atomic mass is 32.2. The third-order valence-corrected chi connectivity index (χ3v) is 4.71. The molecular formula is C16H18N2O2S. The first-order chi connectivity index (χ1) is 9.99. The van der Waals surface area contributed by atoms with E-state index in [0.717, 1.165) is 11.3 Å². The van der Waals surface area contributed by atoms with Crippen LogP contribution >= 0.6 is 0 Å². The molecule has 2 aromatic carbocycles. The predicted octanol–water partition coefficient (Wildman–Crippen LogP) is 2.35. The number of benzene rings is 2. The van der Waals surface area contributed by atoms with Crippen LogP contribution in [0.25, 0.3) is 0 Å². The fourth-order valence-electron chi connectivity index (χ4n) is 1.94. The molecule has 1 atom stereocenters. The number of carbonyl (C=O) groups excluding carboxylic acids is 1. The summed E-state index contributed by atoms with van der Waals surface area (Å²) in [6.07, 6.45) is 0. The van der Waals surface area contributed by atoms with Crippen molar-refractivity contribution in [2.45, 2.75) is 11.8 Å². The molecule has 0 spiro atoms. The maximum absolute atomic E-state index is 12.3. The molecule has 0 aromatic heterocycles. The fourth-order valence-corrected chi connectivity index (χ4v) is 3.17. The van der Waals surface area contributed by atoms with Gasteiger partial charge in [-0.2, -0.15) is 0 Å². The first-order valence-corrected chi connectivity index (χ1v) is 7.87. The molecule has 2 N–H and O–H groups in total. The molecule has 0 aliphatic carbocycles. The van der Waals surface area contributed by atoms with E-state index in [1.807, 2.05) is 25.1 Å². The van der Waals surface area contributed by atoms with Crippen molar-refractivity contribution in [1.29, 1.82) is 0 Å². The Balaban J connectivity index is 2.09. The van der Waals surface area contributed by atoms with Gasteiger partial charge in [-0.1, -0.05) is 18.2 Å². The maximum atomic E-state index is 12.3. The van der Waals surface area contributed by atoms with Crippen LogP contribution in [0.2, 0.25) is 0 Å². The van der Waals surface area contributed by atoms with Crippen LogP contribution < -0.4 is 10.6 Å². The van der Waals surface area contributed by atoms with Crippen molar-refractivity contribution in [2.24, 2.45) is 0 Å². The van der Waals surface area contributed by atoms with E-state index in [9.17, 15) is 9.00 Å². The van der Waals surface area contributed by atoms with Crippen molar-refractivity contribution in [3.05, 3.63) is 54.1 Å². The van der Waals surface area contributed by atoms with Crippen molar-refractivity contribution in [3.63, 3.8) is 0 Å². The van der Waals surface area contributed by atoms with Gasteiger partial charge in [0.25, 0.3) is 0 Å². The number of carbonyl (C=O) groups is 1. The minimum absolute atomic E-state index is 0.0360. The van der Waals surface area contributed by atoms with E-state index in [4.69, 9.17) is 5.73 Å². The van der Waals surface area contributed by atoms with Crippen molar-refractivity contribution < 1.29 is 9.00 Å². The van der Waals surface area contributed by atoms with E-state index in [2.05, 4.69) is 0 Å². The van der Waals surface area contributed by atoms with Crippen LogP contribution in [0.3, 0.4) is 0 Å². The molecule has 0 radical (unpaired) electrons. The molecule has 0 saturated heterocycles. The summed E-state index contributed by atoms with van der Waals surface area (Å²) in [6, 6.07) is 14.4. The number of nitrogens with zero attached hydrogens (tertiary/aromatic N) is 1. The van der Waals surface area contributed by atoms with Crippen LogP contribution in [0.5, 0.6) is 0 Å². The van der Waals surface area contributed by atoms with E-state index < -0.39 is 10.8 Å². The number of hydrogen-bond acceptors (Lipinski definition) is 3. The smallest absolute Gasteiger partial charge is 0.239 e. The number of aryl methyl sites for hydroxylation is 1. The summed E-state index contributed by atoms with van der Waals surface area (Å²) < 4.78 is 12.3. The summed E-state index contributed by atoms with van der Waals surface area (Å²) in [5.41, 5.74) is 7.93. The third-order valence-electron chi connectivity index (χ3n) is 3.25.